The fourth-order valence-electron chi connectivity index (χ4n) is 3.32. The van der Waals surface area contributed by atoms with E-state index in [1.54, 1.807) is 0 Å². The van der Waals surface area contributed by atoms with E-state index in [0.717, 1.165) is 19.9 Å². The molecule has 2 aromatic heterocycles. The van der Waals surface area contributed by atoms with E-state index in [9.17, 15) is 132 Å². The summed E-state index contributed by atoms with van der Waals surface area (Å²) in [6.45, 7) is 0. The predicted molar refractivity (Wildman–Crippen MR) is 132 cm³/mol. The quantitative estimate of drug-likeness (QED) is 0.142. The van der Waals surface area contributed by atoms with Gasteiger partial charge in [0.15, 0.2) is 0 Å². The topological polar surface area (TPSA) is 107 Å². The van der Waals surface area contributed by atoms with Crippen molar-refractivity contribution in [1.29, 1.82) is 0 Å². The summed E-state index contributed by atoms with van der Waals surface area (Å²) in [5, 5.41) is 0. The number of ether oxygens (including phenoxy) is 6. The van der Waals surface area contributed by atoms with Gasteiger partial charge in [0.25, 0.3) is 35.0 Å². The number of rotatable bonds is 17. The SMILES string of the molecule is FC(F)(F)C(F)(F)Oc1nc(C(F)(F)C(F)(F)C(F)(F)C(F)(F)c2nc(OC(F)(F)C(F)(F)F)c(OC(F)(F)C(F)(F)F)c(OC(F)(F)C(F)(F)F)n2)nc(OC(F)(F)C(F)(F)F)c1OC(F)(F)C(F)(F)F. The molecular formula is C24F38N4O6. The van der Waals surface area contributed by atoms with Crippen molar-refractivity contribution in [2.45, 2.75) is 97.4 Å². The normalized spacial score (nSPS) is 15.4. The van der Waals surface area contributed by atoms with Crippen molar-refractivity contribution in [1.82, 2.24) is 19.9 Å². The highest BCUT2D eigenvalue weighted by atomic mass is 19.5. The molecule has 2 heterocycles. The molecule has 0 spiro atoms. The maximum atomic E-state index is 15.3. The summed E-state index contributed by atoms with van der Waals surface area (Å²) in [6, 6.07) is 0. The molecule has 0 saturated heterocycles. The van der Waals surface area contributed by atoms with Crippen LogP contribution in [-0.4, -0.2) is 105 Å². The highest BCUT2D eigenvalue weighted by Gasteiger charge is 2.84. The fourth-order valence-corrected chi connectivity index (χ4v) is 3.32. The lowest BCUT2D eigenvalue weighted by Gasteiger charge is -2.36. The summed E-state index contributed by atoms with van der Waals surface area (Å²) in [4.78, 5) is 3.73. The van der Waals surface area contributed by atoms with E-state index in [1.807, 2.05) is 0 Å². The van der Waals surface area contributed by atoms with Crippen LogP contribution < -0.4 is 28.4 Å². The minimum atomic E-state index is -9.11. The molecule has 0 atom stereocenters. The van der Waals surface area contributed by atoms with Gasteiger partial charge in [0, 0.05) is 0 Å². The summed E-state index contributed by atoms with van der Waals surface area (Å²) in [7, 11) is 0. The molecule has 10 nitrogen and oxygen atoms in total. The fraction of sp³-hybridized carbons (Fsp3) is 0.667. The van der Waals surface area contributed by atoms with Gasteiger partial charge in [0.1, 0.15) is 0 Å². The van der Waals surface area contributed by atoms with E-state index in [-0.39, 0.29) is 0 Å². The van der Waals surface area contributed by atoms with E-state index >= 15 is 35.1 Å². The molecule has 2 aromatic rings. The predicted octanol–water partition coefficient (Wildman–Crippen LogP) is 12.6. The second-order valence-corrected chi connectivity index (χ2v) is 12.0. The van der Waals surface area contributed by atoms with Crippen molar-refractivity contribution in [3.63, 3.8) is 0 Å². The van der Waals surface area contributed by atoms with Crippen molar-refractivity contribution < 1.29 is 195 Å². The van der Waals surface area contributed by atoms with Crippen LogP contribution in [0.3, 0.4) is 0 Å². The Morgan fingerprint density at radius 1 is 0.208 bits per heavy atom. The highest BCUT2D eigenvalue weighted by molar-refractivity contribution is 5.46. The molecule has 0 aliphatic heterocycles. The second-order valence-electron chi connectivity index (χ2n) is 12.0. The molecule has 0 N–H and O–H groups in total. The lowest BCUT2D eigenvalue weighted by atomic mass is 9.97. The van der Waals surface area contributed by atoms with Gasteiger partial charge in [-0.25, -0.2) is 0 Å². The van der Waals surface area contributed by atoms with Gasteiger partial charge < -0.3 is 28.4 Å². The average molecular weight is 1160 g/mol. The van der Waals surface area contributed by atoms with E-state index in [0.29, 0.717) is 0 Å². The third-order valence-electron chi connectivity index (χ3n) is 6.69. The third-order valence-corrected chi connectivity index (χ3v) is 6.69. The lowest BCUT2D eigenvalue weighted by molar-refractivity contribution is -0.380. The Morgan fingerprint density at radius 2 is 0.347 bits per heavy atom. The van der Waals surface area contributed by atoms with E-state index < -0.39 is 144 Å². The molecule has 0 unspecified atom stereocenters. The van der Waals surface area contributed by atoms with Crippen LogP contribution in [0, 0.1) is 0 Å². The zero-order chi connectivity index (χ0) is 57.7. The van der Waals surface area contributed by atoms with Crippen molar-refractivity contribution in [3.8, 4) is 35.0 Å². The highest BCUT2D eigenvalue weighted by Crippen LogP contribution is 2.61. The average Bonchev–Trinajstić information content (AvgIpc) is 3.10. The Hall–Kier alpha value is -5.70. The minimum absolute atomic E-state index is 0.933. The molecule has 0 saturated carbocycles. The number of aromatic nitrogens is 4. The Kier molecular flexibility index (Phi) is 15.1. The van der Waals surface area contributed by atoms with Crippen molar-refractivity contribution >= 4 is 0 Å². The first-order valence-corrected chi connectivity index (χ1v) is 15.2. The Bertz CT molecular complexity index is 2020. The molecule has 418 valence electrons. The van der Waals surface area contributed by atoms with Crippen LogP contribution in [0.1, 0.15) is 11.6 Å². The van der Waals surface area contributed by atoms with Crippen molar-refractivity contribution in [3.05, 3.63) is 11.6 Å². The molecule has 0 aliphatic carbocycles. The maximum Gasteiger partial charge on any atom is 0.500 e. The zero-order valence-electron chi connectivity index (χ0n) is 30.6. The van der Waals surface area contributed by atoms with Crippen LogP contribution in [0.2, 0.25) is 0 Å². The standard InChI is InChI=1S/C24F38N4O6/c25-9(26,7-63-3(69-21(55,56)15(39,40)41)1(67-19(51,52)13(33,34)35)4(64-7)70-22(57,58)16(42,43)44)11(29,30)12(31,32)10(27,28)8-65-5(71-23(59,60)17(45,46)47)2(68-20(53,54)14(36,37)38)6(66-8)72-24(61,62)18(48,49)50. The van der Waals surface area contributed by atoms with Crippen molar-refractivity contribution in [2.24, 2.45) is 0 Å². The number of alkyl halides is 38. The Balaban J connectivity index is 3.34. The van der Waals surface area contributed by atoms with Crippen LogP contribution in [0.15, 0.2) is 0 Å². The van der Waals surface area contributed by atoms with Gasteiger partial charge in [0.2, 0.25) is 11.6 Å². The van der Waals surface area contributed by atoms with Gasteiger partial charge in [0.05, 0.1) is 0 Å². The first-order valence-electron chi connectivity index (χ1n) is 15.2. The van der Waals surface area contributed by atoms with Gasteiger partial charge in [-0.05, 0) is 0 Å². The third kappa shape index (κ3) is 11.6. The van der Waals surface area contributed by atoms with E-state index in [1.165, 1.54) is 0 Å². The number of nitrogens with zero attached hydrogens (tertiary/aromatic N) is 4. The number of halogens is 38. The van der Waals surface area contributed by atoms with Gasteiger partial charge >= 0.3 is 97.4 Å². The van der Waals surface area contributed by atoms with Gasteiger partial charge in [-0.2, -0.15) is 187 Å². The number of hydrogen-bond donors (Lipinski definition) is 0. The molecule has 48 heteroatoms. The summed E-state index contributed by atoms with van der Waals surface area (Å²) in [5.74, 6) is -71.9. The Labute approximate surface area is 360 Å². The molecule has 2 rings (SSSR count). The van der Waals surface area contributed by atoms with Crippen LogP contribution in [-0.2, 0) is 11.8 Å². The lowest BCUT2D eigenvalue weighted by Crippen LogP contribution is -2.60. The zero-order valence-corrected chi connectivity index (χ0v) is 30.6. The van der Waals surface area contributed by atoms with Crippen molar-refractivity contribution in [2.75, 3.05) is 0 Å². The molecule has 0 aromatic carbocycles. The molecule has 0 radical (unpaired) electrons. The van der Waals surface area contributed by atoms with Crippen LogP contribution in [0.5, 0.6) is 35.0 Å². The van der Waals surface area contributed by atoms with E-state index in [4.69, 9.17) is 0 Å². The van der Waals surface area contributed by atoms with Crippen LogP contribution in [0.4, 0.5) is 167 Å². The molecule has 0 amide bonds. The van der Waals surface area contributed by atoms with Gasteiger partial charge in [-0.3, -0.25) is 0 Å². The summed E-state index contributed by atoms with van der Waals surface area (Å²) in [6.07, 6.45) is -92.1. The molecule has 0 fully saturated rings. The minimum Gasteiger partial charge on any atom is -0.414 e. The van der Waals surface area contributed by atoms with E-state index in [2.05, 4.69) is 28.4 Å². The molecule has 72 heavy (non-hydrogen) atoms. The van der Waals surface area contributed by atoms with Gasteiger partial charge in [-0.15, -0.1) is 0 Å². The monoisotopic (exact) mass is 1160 g/mol. The maximum absolute atomic E-state index is 15.3. The van der Waals surface area contributed by atoms with Gasteiger partial charge in [-0.1, -0.05) is 0 Å². The summed E-state index contributed by atoms with van der Waals surface area (Å²) < 4.78 is 531. The molecular weight excluding hydrogens is 1160 g/mol. The first kappa shape index (κ1) is 62.4. The molecule has 0 bridgehead atoms. The summed E-state index contributed by atoms with van der Waals surface area (Å²) in [5.41, 5.74) is 0. The largest absolute Gasteiger partial charge is 0.500 e. The van der Waals surface area contributed by atoms with Crippen LogP contribution >= 0.6 is 0 Å². The molecule has 0 aliphatic rings. The number of hydrogen-bond acceptors (Lipinski definition) is 10. The van der Waals surface area contributed by atoms with Crippen LogP contribution in [0.25, 0.3) is 0 Å². The second kappa shape index (κ2) is 17.5. The first-order chi connectivity index (χ1) is 31.0. The Morgan fingerprint density at radius 3 is 0.486 bits per heavy atom. The summed E-state index contributed by atoms with van der Waals surface area (Å²) >= 11 is 0. The smallest absolute Gasteiger partial charge is 0.414 e.